The highest BCUT2D eigenvalue weighted by molar-refractivity contribution is 6.53. The number of carbonyl (C=O) groups is 13. The number of hydrogen-bond donors (Lipinski definition) is 6. The molecular weight excluding hydrogens is 995 g/mol. The molecule has 0 aliphatic carbocycles. The van der Waals surface area contributed by atoms with Crippen molar-refractivity contribution in [3.05, 3.63) is 0 Å². The number of carboxylic acids is 2. The van der Waals surface area contributed by atoms with Crippen molar-refractivity contribution >= 4 is 99.7 Å². The Morgan fingerprint density at radius 3 is 1.12 bits per heavy atom. The molecule has 0 aromatic carbocycles. The number of nitrogens with one attached hydrogen (secondary N) is 4. The van der Waals surface area contributed by atoms with E-state index in [4.69, 9.17) is 43.1 Å². The van der Waals surface area contributed by atoms with Crippen LogP contribution in [0.3, 0.4) is 0 Å². The molecule has 25 nitrogen and oxygen atoms in total. The number of hydrogen-bond acceptors (Lipinski definition) is 15. The van der Waals surface area contributed by atoms with Crippen LogP contribution in [0, 0.1) is 11.8 Å². The summed E-state index contributed by atoms with van der Waals surface area (Å²) in [6.07, 6.45) is -0.886. The Labute approximate surface area is 426 Å². The summed E-state index contributed by atoms with van der Waals surface area (Å²) < 4.78 is 0. The highest BCUT2D eigenvalue weighted by Gasteiger charge is 2.45. The largest absolute Gasteiger partial charge is 0.481 e. The third-order valence-corrected chi connectivity index (χ3v) is 13.0. The van der Waals surface area contributed by atoms with E-state index in [1.165, 1.54) is 37.5 Å². The number of likely N-dealkylation sites (tertiary alicyclic amines) is 2. The van der Waals surface area contributed by atoms with Gasteiger partial charge in [-0.3, -0.25) is 72.0 Å². The highest BCUT2D eigenvalue weighted by atomic mass is 35.5. The fourth-order valence-corrected chi connectivity index (χ4v) is 8.65. The first-order valence-corrected chi connectivity index (χ1v) is 24.3. The van der Waals surface area contributed by atoms with Gasteiger partial charge in [0.1, 0.15) is 36.3 Å². The predicted octanol–water partition coefficient (Wildman–Crippen LogP) is -0.532. The van der Waals surface area contributed by atoms with Gasteiger partial charge in [-0.15, -0.1) is 23.2 Å². The number of nitrogens with zero attached hydrogens (tertiary/aromatic N) is 4. The Bertz CT molecular complexity index is 1940. The SMILES string of the molecule is CON(C(=O)CCC(=O)O)[C@@H](C)C(=O)N[C@@H](C)C(=O)N1CCC[C@H]1C(=O)N[C@H](C(=O)C(Cl)C(=O)C(Cl)C(=O)[C@@H](NC(=O)[C@@H]1CCCN1C(=O)[C@H](C)NC(=O)[C@H](C)N(OC)C(=O)CCC(=O)O)C(C)C)C(C)C. The van der Waals surface area contributed by atoms with Gasteiger partial charge in [-0.05, 0) is 65.2 Å². The molecule has 0 aromatic rings. The van der Waals surface area contributed by atoms with Gasteiger partial charge in [0.25, 0.3) is 0 Å². The molecule has 8 amide bonds. The van der Waals surface area contributed by atoms with Crippen molar-refractivity contribution in [1.29, 1.82) is 0 Å². The van der Waals surface area contributed by atoms with E-state index in [0.29, 0.717) is 23.0 Å². The van der Waals surface area contributed by atoms with E-state index in [1.54, 1.807) is 27.7 Å². The topological polar surface area (TPSA) is 342 Å². The van der Waals surface area contributed by atoms with Gasteiger partial charge < -0.3 is 41.3 Å². The quantitative estimate of drug-likeness (QED) is 0.0326. The first-order chi connectivity index (χ1) is 33.5. The van der Waals surface area contributed by atoms with E-state index >= 15 is 0 Å². The minimum Gasteiger partial charge on any atom is -0.481 e. The number of Topliss-reactive ketones (excluding diaryl/α,β-unsaturated/α-hetero) is 3. The molecule has 2 saturated heterocycles. The van der Waals surface area contributed by atoms with Crippen molar-refractivity contribution in [2.45, 2.75) is 166 Å². The van der Waals surface area contributed by atoms with Gasteiger partial charge in [-0.1, -0.05) is 27.7 Å². The van der Waals surface area contributed by atoms with Gasteiger partial charge in [-0.2, -0.15) is 0 Å². The lowest BCUT2D eigenvalue weighted by molar-refractivity contribution is -0.190. The number of rotatable bonds is 28. The second kappa shape index (κ2) is 28.5. The van der Waals surface area contributed by atoms with Crippen LogP contribution in [0.25, 0.3) is 0 Å². The summed E-state index contributed by atoms with van der Waals surface area (Å²) in [5, 5.41) is 25.1. The molecular formula is C45H68Cl2N8O17. The Morgan fingerprint density at radius 2 is 0.847 bits per heavy atom. The number of alkyl halides is 2. The van der Waals surface area contributed by atoms with Crippen molar-refractivity contribution in [1.82, 2.24) is 41.2 Å². The summed E-state index contributed by atoms with van der Waals surface area (Å²) in [4.78, 5) is 181. The second-order valence-electron chi connectivity index (χ2n) is 18.2. The van der Waals surface area contributed by atoms with Crippen LogP contribution in [-0.2, 0) is 72.0 Å². The molecule has 2 rings (SSSR count). The van der Waals surface area contributed by atoms with Gasteiger partial charge in [0.15, 0.2) is 28.1 Å². The molecule has 0 radical (unpaired) electrons. The summed E-state index contributed by atoms with van der Waals surface area (Å²) in [6, 6.07) is -10.1. The van der Waals surface area contributed by atoms with Gasteiger partial charge in [0.2, 0.25) is 47.3 Å². The molecule has 0 saturated carbocycles. The van der Waals surface area contributed by atoms with Crippen LogP contribution >= 0.6 is 23.2 Å². The lowest BCUT2D eigenvalue weighted by Gasteiger charge is -2.31. The number of carboxylic acid groups (broad SMARTS) is 2. The molecule has 2 unspecified atom stereocenters. The predicted molar refractivity (Wildman–Crippen MR) is 253 cm³/mol. The summed E-state index contributed by atoms with van der Waals surface area (Å²) in [6.45, 7) is 11.7. The molecule has 0 spiro atoms. The molecule has 27 heteroatoms. The molecule has 404 valence electrons. The van der Waals surface area contributed by atoms with E-state index in [2.05, 4.69) is 21.3 Å². The fourth-order valence-electron chi connectivity index (χ4n) is 8.06. The van der Waals surface area contributed by atoms with E-state index in [0.717, 1.165) is 14.2 Å². The molecule has 72 heavy (non-hydrogen) atoms. The van der Waals surface area contributed by atoms with Crippen molar-refractivity contribution in [2.24, 2.45) is 11.8 Å². The maximum Gasteiger partial charge on any atom is 0.303 e. The zero-order chi connectivity index (χ0) is 55.1. The third kappa shape index (κ3) is 16.6. The van der Waals surface area contributed by atoms with Crippen LogP contribution in [0.1, 0.15) is 107 Å². The Hall–Kier alpha value is -5.79. The maximum absolute atomic E-state index is 13.8. The first-order valence-electron chi connectivity index (χ1n) is 23.4. The van der Waals surface area contributed by atoms with Crippen LogP contribution in [0.5, 0.6) is 0 Å². The van der Waals surface area contributed by atoms with Crippen molar-refractivity contribution in [2.75, 3.05) is 27.3 Å². The van der Waals surface area contributed by atoms with E-state index < -0.39 is 173 Å². The minimum atomic E-state index is -2.07. The molecule has 0 bridgehead atoms. The van der Waals surface area contributed by atoms with Crippen molar-refractivity contribution < 1.29 is 82.2 Å². The highest BCUT2D eigenvalue weighted by Crippen LogP contribution is 2.24. The van der Waals surface area contributed by atoms with Gasteiger partial charge in [0, 0.05) is 25.9 Å². The van der Waals surface area contributed by atoms with Crippen LogP contribution < -0.4 is 21.3 Å². The number of aliphatic carboxylic acids is 2. The van der Waals surface area contributed by atoms with E-state index in [-0.39, 0.29) is 25.9 Å². The molecule has 0 aromatic heterocycles. The van der Waals surface area contributed by atoms with E-state index in [9.17, 15) is 62.3 Å². The van der Waals surface area contributed by atoms with Crippen LogP contribution in [0.15, 0.2) is 0 Å². The summed E-state index contributed by atoms with van der Waals surface area (Å²) in [5.41, 5.74) is 0. The zero-order valence-corrected chi connectivity index (χ0v) is 43.6. The Morgan fingerprint density at radius 1 is 0.528 bits per heavy atom. The second-order valence-corrected chi connectivity index (χ2v) is 19.0. The number of hydroxylamine groups is 4. The lowest BCUT2D eigenvalue weighted by atomic mass is 9.91. The summed E-state index contributed by atoms with van der Waals surface area (Å²) in [5.74, 6) is -13.3. The third-order valence-electron chi connectivity index (χ3n) is 12.1. The zero-order valence-electron chi connectivity index (χ0n) is 42.1. The average Bonchev–Trinajstić information content (AvgIpc) is 4.03. The maximum atomic E-state index is 13.8. The molecule has 2 aliphatic rings. The molecule has 10 atom stereocenters. The lowest BCUT2D eigenvalue weighted by Crippen LogP contribution is -2.59. The smallest absolute Gasteiger partial charge is 0.303 e. The molecule has 6 N–H and O–H groups in total. The van der Waals surface area contributed by atoms with Gasteiger partial charge >= 0.3 is 11.9 Å². The van der Waals surface area contributed by atoms with Crippen LogP contribution in [0.2, 0.25) is 0 Å². The standard InChI is InChI=1S/C45H68Cl2N8O17/c1-21(2)35(50-42(67)27-13-11-19-52(27)44(69)23(5)48-40(65)25(7)54(71-9)29(56)15-17-31(58)59)38(63)33(46)37(62)34(47)39(64)36(22(3)4)51-43(68)28-14-12-20-53(28)45(70)24(6)49-41(66)26(8)55(72-10)30(57)16-18-32(60)61/h21-28,33-36H,11-20H2,1-10H3,(H,48,65)(H,49,66)(H,50,67)(H,51,68)(H,58,59)(H,60,61)/t23-,24-,25-,26-,27-,28-,33?,34?,35-,36-/m0/s1. The number of ketones is 3. The number of carbonyl (C=O) groups excluding carboxylic acids is 11. The number of amides is 8. The van der Waals surface area contributed by atoms with E-state index in [1.807, 2.05) is 0 Å². The molecule has 2 aliphatic heterocycles. The summed E-state index contributed by atoms with van der Waals surface area (Å²) in [7, 11) is 2.22. The Kier molecular flexibility index (Phi) is 24.6. The monoisotopic (exact) mass is 1060 g/mol. The molecule has 2 heterocycles. The van der Waals surface area contributed by atoms with Crippen LogP contribution in [0.4, 0.5) is 0 Å². The summed E-state index contributed by atoms with van der Waals surface area (Å²) >= 11 is 12.8. The van der Waals surface area contributed by atoms with Crippen LogP contribution in [-0.4, -0.2) is 193 Å². The first kappa shape index (κ1) is 62.3. The van der Waals surface area contributed by atoms with Gasteiger partial charge in [-0.25, -0.2) is 10.1 Å². The van der Waals surface area contributed by atoms with Gasteiger partial charge in [0.05, 0.1) is 39.1 Å². The normalized spacial score (nSPS) is 18.9. The minimum absolute atomic E-state index is 0.0923. The molecule has 2 fully saturated rings. The number of halogens is 2. The average molecular weight is 1060 g/mol. The van der Waals surface area contributed by atoms with Crippen molar-refractivity contribution in [3.8, 4) is 0 Å². The Balaban J connectivity index is 2.13. The fraction of sp³-hybridized carbons (Fsp3) is 0.711. The van der Waals surface area contributed by atoms with Crippen molar-refractivity contribution in [3.63, 3.8) is 0 Å².